The Morgan fingerprint density at radius 1 is 1.36 bits per heavy atom. The molecule has 0 saturated carbocycles. The Hall–Kier alpha value is -1.22. The summed E-state index contributed by atoms with van der Waals surface area (Å²) in [6, 6.07) is 6.13. The number of benzene rings is 1. The summed E-state index contributed by atoms with van der Waals surface area (Å²) in [5.74, 6) is 1.87. The number of para-hydroxylation sites is 1. The van der Waals surface area contributed by atoms with Crippen molar-refractivity contribution in [3.05, 3.63) is 23.8 Å². The number of hydrogen-bond acceptors (Lipinski definition) is 3. The van der Waals surface area contributed by atoms with Crippen molar-refractivity contribution in [2.75, 3.05) is 19.7 Å². The summed E-state index contributed by atoms with van der Waals surface area (Å²) in [5.41, 5.74) is 1.27. The van der Waals surface area contributed by atoms with Crippen LogP contribution in [0.4, 0.5) is 0 Å². The molecule has 1 N–H and O–H groups in total. The largest absolute Gasteiger partial charge is 0.489 e. The average Bonchev–Trinajstić information content (AvgIpc) is 2.59. The van der Waals surface area contributed by atoms with Crippen LogP contribution in [-0.4, -0.2) is 25.8 Å². The number of nitrogens with one attached hydrogen (secondary N) is 1. The van der Waals surface area contributed by atoms with Crippen molar-refractivity contribution in [2.24, 2.45) is 0 Å². The van der Waals surface area contributed by atoms with Crippen LogP contribution < -0.4 is 14.8 Å². The second-order valence-electron chi connectivity index (χ2n) is 3.74. The van der Waals surface area contributed by atoms with Crippen LogP contribution in [-0.2, 0) is 6.42 Å². The Bertz CT molecular complexity index is 347. The van der Waals surface area contributed by atoms with Crippen LogP contribution in [0, 0.1) is 0 Å². The molecular formula is C11H13NO2. The molecule has 3 rings (SSSR count). The molecule has 0 radical (unpaired) electrons. The van der Waals surface area contributed by atoms with Crippen molar-refractivity contribution < 1.29 is 9.47 Å². The van der Waals surface area contributed by atoms with E-state index in [2.05, 4.69) is 11.4 Å². The SMILES string of the molecule is c1cc2c(c(OC3CNC3)c1)OCC2. The fourth-order valence-corrected chi connectivity index (χ4v) is 1.80. The van der Waals surface area contributed by atoms with Crippen LogP contribution in [0.2, 0.25) is 0 Å². The Labute approximate surface area is 83.0 Å². The zero-order valence-electron chi connectivity index (χ0n) is 7.95. The minimum Gasteiger partial charge on any atom is -0.489 e. The highest BCUT2D eigenvalue weighted by Gasteiger charge is 2.22. The maximum absolute atomic E-state index is 5.81. The monoisotopic (exact) mass is 191 g/mol. The minimum atomic E-state index is 0.325. The lowest BCUT2D eigenvalue weighted by Crippen LogP contribution is -2.50. The first-order valence-corrected chi connectivity index (χ1v) is 5.05. The first-order chi connectivity index (χ1) is 6.93. The lowest BCUT2D eigenvalue weighted by Gasteiger charge is -2.28. The van der Waals surface area contributed by atoms with E-state index in [1.54, 1.807) is 0 Å². The molecule has 2 aliphatic rings. The molecule has 3 nitrogen and oxygen atoms in total. The lowest BCUT2D eigenvalue weighted by atomic mass is 10.1. The molecule has 0 aromatic heterocycles. The van der Waals surface area contributed by atoms with Crippen LogP contribution in [0.1, 0.15) is 5.56 Å². The van der Waals surface area contributed by atoms with Gasteiger partial charge in [-0.05, 0) is 6.07 Å². The quantitative estimate of drug-likeness (QED) is 0.755. The van der Waals surface area contributed by atoms with Crippen LogP contribution >= 0.6 is 0 Å². The van der Waals surface area contributed by atoms with Crippen LogP contribution in [0.3, 0.4) is 0 Å². The van der Waals surface area contributed by atoms with Crippen molar-refractivity contribution in [1.82, 2.24) is 5.32 Å². The summed E-state index contributed by atoms with van der Waals surface area (Å²) < 4.78 is 11.4. The Kier molecular flexibility index (Phi) is 1.84. The van der Waals surface area contributed by atoms with Gasteiger partial charge in [0.15, 0.2) is 11.5 Å². The predicted molar refractivity (Wildman–Crippen MR) is 52.9 cm³/mol. The van der Waals surface area contributed by atoms with Crippen molar-refractivity contribution in [3.63, 3.8) is 0 Å². The zero-order valence-corrected chi connectivity index (χ0v) is 7.95. The van der Waals surface area contributed by atoms with E-state index in [0.717, 1.165) is 37.6 Å². The van der Waals surface area contributed by atoms with E-state index in [0.29, 0.717) is 6.10 Å². The van der Waals surface area contributed by atoms with Gasteiger partial charge in [-0.15, -0.1) is 0 Å². The molecule has 3 heteroatoms. The molecule has 74 valence electrons. The second-order valence-corrected chi connectivity index (χ2v) is 3.74. The summed E-state index contributed by atoms with van der Waals surface area (Å²) in [4.78, 5) is 0. The second kappa shape index (κ2) is 3.17. The van der Waals surface area contributed by atoms with E-state index in [1.807, 2.05) is 12.1 Å². The van der Waals surface area contributed by atoms with Gasteiger partial charge in [-0.1, -0.05) is 12.1 Å². The third-order valence-corrected chi connectivity index (χ3v) is 2.72. The Balaban J connectivity index is 1.85. The summed E-state index contributed by atoms with van der Waals surface area (Å²) in [7, 11) is 0. The smallest absolute Gasteiger partial charge is 0.164 e. The predicted octanol–water partition coefficient (Wildman–Crippen LogP) is 0.972. The molecule has 2 aliphatic heterocycles. The van der Waals surface area contributed by atoms with Gasteiger partial charge in [0.05, 0.1) is 6.61 Å². The standard InChI is InChI=1S/C11H13NO2/c1-2-8-4-5-13-11(8)10(3-1)14-9-6-12-7-9/h1-3,9,12H,4-7H2. The van der Waals surface area contributed by atoms with E-state index < -0.39 is 0 Å². The Morgan fingerprint density at radius 2 is 2.29 bits per heavy atom. The minimum absolute atomic E-state index is 0.325. The number of rotatable bonds is 2. The fourth-order valence-electron chi connectivity index (χ4n) is 1.80. The third-order valence-electron chi connectivity index (χ3n) is 2.72. The fraction of sp³-hybridized carbons (Fsp3) is 0.455. The van der Waals surface area contributed by atoms with Gasteiger partial charge in [0.2, 0.25) is 0 Å². The molecule has 0 unspecified atom stereocenters. The van der Waals surface area contributed by atoms with Gasteiger partial charge in [-0.3, -0.25) is 0 Å². The van der Waals surface area contributed by atoms with Gasteiger partial charge in [-0.2, -0.15) is 0 Å². The van der Waals surface area contributed by atoms with Crippen LogP contribution in [0.25, 0.3) is 0 Å². The van der Waals surface area contributed by atoms with Gasteiger partial charge < -0.3 is 14.8 Å². The molecule has 1 aromatic rings. The molecule has 1 aromatic carbocycles. The summed E-state index contributed by atoms with van der Waals surface area (Å²) in [6.45, 7) is 2.69. The van der Waals surface area contributed by atoms with Gasteiger partial charge in [-0.25, -0.2) is 0 Å². The van der Waals surface area contributed by atoms with Crippen molar-refractivity contribution in [2.45, 2.75) is 12.5 Å². The highest BCUT2D eigenvalue weighted by molar-refractivity contribution is 5.48. The van der Waals surface area contributed by atoms with E-state index in [4.69, 9.17) is 9.47 Å². The highest BCUT2D eigenvalue weighted by atomic mass is 16.5. The average molecular weight is 191 g/mol. The van der Waals surface area contributed by atoms with Crippen molar-refractivity contribution in [1.29, 1.82) is 0 Å². The van der Waals surface area contributed by atoms with E-state index >= 15 is 0 Å². The normalized spacial score (nSPS) is 19.7. The topological polar surface area (TPSA) is 30.5 Å². The molecule has 0 atom stereocenters. The van der Waals surface area contributed by atoms with Gasteiger partial charge in [0.25, 0.3) is 0 Å². The van der Waals surface area contributed by atoms with E-state index in [9.17, 15) is 0 Å². The molecule has 0 amide bonds. The summed E-state index contributed by atoms with van der Waals surface area (Å²) in [6.07, 6.45) is 1.33. The molecule has 1 fully saturated rings. The lowest BCUT2D eigenvalue weighted by molar-refractivity contribution is 0.137. The van der Waals surface area contributed by atoms with E-state index in [1.165, 1.54) is 5.56 Å². The van der Waals surface area contributed by atoms with Gasteiger partial charge >= 0.3 is 0 Å². The Morgan fingerprint density at radius 3 is 3.07 bits per heavy atom. The zero-order chi connectivity index (χ0) is 9.38. The summed E-state index contributed by atoms with van der Waals surface area (Å²) >= 11 is 0. The van der Waals surface area contributed by atoms with E-state index in [-0.39, 0.29) is 0 Å². The van der Waals surface area contributed by atoms with Crippen LogP contribution in [0.15, 0.2) is 18.2 Å². The van der Waals surface area contributed by atoms with Crippen molar-refractivity contribution >= 4 is 0 Å². The molecule has 2 heterocycles. The highest BCUT2D eigenvalue weighted by Crippen LogP contribution is 2.36. The molecule has 0 aliphatic carbocycles. The molecule has 1 saturated heterocycles. The van der Waals surface area contributed by atoms with Gasteiger partial charge in [0.1, 0.15) is 6.10 Å². The number of ether oxygens (including phenoxy) is 2. The molecular weight excluding hydrogens is 178 g/mol. The first kappa shape index (κ1) is 8.12. The number of hydrogen-bond donors (Lipinski definition) is 1. The summed E-state index contributed by atoms with van der Waals surface area (Å²) in [5, 5.41) is 3.18. The molecule has 0 bridgehead atoms. The van der Waals surface area contributed by atoms with Gasteiger partial charge in [0, 0.05) is 25.1 Å². The maximum atomic E-state index is 5.81. The molecule has 14 heavy (non-hydrogen) atoms. The van der Waals surface area contributed by atoms with Crippen LogP contribution in [0.5, 0.6) is 11.5 Å². The third kappa shape index (κ3) is 1.24. The molecule has 0 spiro atoms. The van der Waals surface area contributed by atoms with Crippen molar-refractivity contribution in [3.8, 4) is 11.5 Å². The first-order valence-electron chi connectivity index (χ1n) is 5.05. The number of fused-ring (bicyclic) bond motifs is 1. The maximum Gasteiger partial charge on any atom is 0.164 e.